The van der Waals surface area contributed by atoms with E-state index in [0.29, 0.717) is 0 Å². The largest absolute Gasteiger partial charge is 0.626 e. The number of alkyl halides is 1. The molecule has 0 saturated carbocycles. The van der Waals surface area contributed by atoms with Crippen LogP contribution in [-0.4, -0.2) is 20.8 Å². The third-order valence-electron chi connectivity index (χ3n) is 2.57. The van der Waals surface area contributed by atoms with E-state index in [4.69, 9.17) is 0 Å². The maximum atomic E-state index is 12.6. The Hall–Kier alpha value is 0.0600. The molecule has 1 aromatic rings. The van der Waals surface area contributed by atoms with Crippen LogP contribution in [0, 0.1) is 0 Å². The van der Waals surface area contributed by atoms with Crippen LogP contribution in [0.1, 0.15) is 12.8 Å². The summed E-state index contributed by atoms with van der Waals surface area (Å²) in [6.45, 7) is 0. The topological polar surface area (TPSA) is 35.4 Å². The summed E-state index contributed by atoms with van der Waals surface area (Å²) in [5, 5.41) is 0. The van der Waals surface area contributed by atoms with E-state index in [1.54, 1.807) is 0 Å². The zero-order valence-corrected chi connectivity index (χ0v) is 11.4. The first-order valence-electron chi connectivity index (χ1n) is 5.09. The van der Waals surface area contributed by atoms with Crippen molar-refractivity contribution in [2.45, 2.75) is 23.8 Å². The van der Waals surface area contributed by atoms with Crippen molar-refractivity contribution in [3.8, 4) is 0 Å². The second-order valence-electron chi connectivity index (χ2n) is 3.71. The Labute approximate surface area is 106 Å². The summed E-state index contributed by atoms with van der Waals surface area (Å²) >= 11 is 2.32. The molecule has 0 aromatic heterocycles. The number of hydrogen-bond acceptors (Lipinski definition) is 2. The predicted octanol–water partition coefficient (Wildman–Crippen LogP) is 3.11. The van der Waals surface area contributed by atoms with Crippen molar-refractivity contribution >= 4 is 32.7 Å². The highest BCUT2D eigenvalue weighted by Crippen LogP contribution is 2.27. The Morgan fingerprint density at radius 3 is 2.80 bits per heavy atom. The van der Waals surface area contributed by atoms with Gasteiger partial charge in [0.25, 0.3) is 0 Å². The average Bonchev–Trinajstić information content (AvgIpc) is 2.30. The molecule has 2 rings (SSSR count). The quantitative estimate of drug-likeness (QED) is 0.465. The lowest BCUT2D eigenvalue weighted by Gasteiger charge is -2.28. The Balaban J connectivity index is 2.37. The molecule has 2 unspecified atom stereocenters. The highest BCUT2D eigenvalue weighted by atomic mass is 127. The SMILES string of the molecule is [O-][S+]1(c2ccccc2)=NC(CI)CCC1. The van der Waals surface area contributed by atoms with E-state index in [-0.39, 0.29) is 6.04 Å². The summed E-state index contributed by atoms with van der Waals surface area (Å²) in [5.74, 6) is 0.726. The molecule has 1 aromatic carbocycles. The molecule has 1 aliphatic rings. The molecule has 4 heteroatoms. The molecule has 2 atom stereocenters. The van der Waals surface area contributed by atoms with Gasteiger partial charge in [-0.1, -0.05) is 40.8 Å². The van der Waals surface area contributed by atoms with Gasteiger partial charge in [0.05, 0.1) is 5.75 Å². The molecule has 15 heavy (non-hydrogen) atoms. The molecule has 0 fully saturated rings. The van der Waals surface area contributed by atoms with Crippen molar-refractivity contribution in [1.82, 2.24) is 0 Å². The monoisotopic (exact) mass is 335 g/mol. The Kier molecular flexibility index (Phi) is 3.79. The fraction of sp³-hybridized carbons (Fsp3) is 0.455. The minimum Gasteiger partial charge on any atom is -0.626 e. The molecular weight excluding hydrogens is 321 g/mol. The van der Waals surface area contributed by atoms with Crippen molar-refractivity contribution in [2.75, 3.05) is 10.2 Å². The molecular formula is C11H14INOS. The van der Waals surface area contributed by atoms with Crippen LogP contribution in [0.5, 0.6) is 0 Å². The number of rotatable bonds is 2. The Morgan fingerprint density at radius 2 is 2.13 bits per heavy atom. The molecule has 1 aliphatic heterocycles. The van der Waals surface area contributed by atoms with E-state index in [2.05, 4.69) is 27.0 Å². The Morgan fingerprint density at radius 1 is 1.40 bits per heavy atom. The van der Waals surface area contributed by atoms with Crippen LogP contribution in [0.3, 0.4) is 0 Å². The third-order valence-corrected chi connectivity index (χ3v) is 6.07. The van der Waals surface area contributed by atoms with Gasteiger partial charge in [-0.2, -0.15) is 0 Å². The van der Waals surface area contributed by atoms with Gasteiger partial charge in [-0.3, -0.25) is 0 Å². The van der Waals surface area contributed by atoms with Crippen molar-refractivity contribution in [2.24, 2.45) is 4.36 Å². The van der Waals surface area contributed by atoms with E-state index in [1.165, 1.54) is 0 Å². The van der Waals surface area contributed by atoms with Crippen LogP contribution in [0.15, 0.2) is 39.6 Å². The summed E-state index contributed by atoms with van der Waals surface area (Å²) in [6.07, 6.45) is 2.12. The van der Waals surface area contributed by atoms with Gasteiger partial charge in [0.2, 0.25) is 0 Å². The van der Waals surface area contributed by atoms with Gasteiger partial charge in [-0.05, 0) is 35.1 Å². The van der Waals surface area contributed by atoms with Crippen LogP contribution in [-0.2, 0) is 10.1 Å². The van der Waals surface area contributed by atoms with Crippen LogP contribution in [0.2, 0.25) is 0 Å². The first-order chi connectivity index (χ1) is 7.24. The van der Waals surface area contributed by atoms with Gasteiger partial charge < -0.3 is 4.55 Å². The van der Waals surface area contributed by atoms with Crippen molar-refractivity contribution in [3.05, 3.63) is 30.3 Å². The second kappa shape index (κ2) is 4.93. The molecule has 2 nitrogen and oxygen atoms in total. The van der Waals surface area contributed by atoms with Gasteiger partial charge in [0.15, 0.2) is 0 Å². The van der Waals surface area contributed by atoms with Crippen molar-refractivity contribution < 1.29 is 4.55 Å². The normalized spacial score (nSPS) is 30.9. The van der Waals surface area contributed by atoms with E-state index in [9.17, 15) is 4.55 Å². The second-order valence-corrected chi connectivity index (χ2v) is 6.97. The number of nitrogens with zero attached hydrogens (tertiary/aromatic N) is 1. The van der Waals surface area contributed by atoms with Crippen LogP contribution >= 0.6 is 22.6 Å². The van der Waals surface area contributed by atoms with Crippen molar-refractivity contribution in [3.63, 3.8) is 0 Å². The lowest BCUT2D eigenvalue weighted by atomic mass is 10.2. The van der Waals surface area contributed by atoms with Gasteiger partial charge in [0.1, 0.15) is 10.9 Å². The fourth-order valence-corrected chi connectivity index (χ4v) is 4.95. The average molecular weight is 335 g/mol. The lowest BCUT2D eigenvalue weighted by molar-refractivity contribution is 0.548. The van der Waals surface area contributed by atoms with Crippen molar-refractivity contribution in [1.29, 1.82) is 0 Å². The van der Waals surface area contributed by atoms with E-state index < -0.39 is 10.1 Å². The maximum Gasteiger partial charge on any atom is 0.136 e. The highest BCUT2D eigenvalue weighted by Gasteiger charge is 2.24. The van der Waals surface area contributed by atoms with Gasteiger partial charge >= 0.3 is 0 Å². The molecule has 0 N–H and O–H groups in total. The Bertz CT molecular complexity index is 379. The van der Waals surface area contributed by atoms with Gasteiger partial charge in [0, 0.05) is 4.43 Å². The molecule has 0 amide bonds. The van der Waals surface area contributed by atoms with E-state index in [1.807, 2.05) is 30.3 Å². The molecule has 0 bridgehead atoms. The number of hydrogen-bond donors (Lipinski definition) is 0. The molecule has 0 radical (unpaired) electrons. The first kappa shape index (κ1) is 11.5. The number of halogens is 1. The van der Waals surface area contributed by atoms with Gasteiger partial charge in [-0.25, -0.2) is 0 Å². The molecule has 0 aliphatic carbocycles. The van der Waals surface area contributed by atoms with Crippen LogP contribution in [0.25, 0.3) is 0 Å². The number of benzene rings is 1. The highest BCUT2D eigenvalue weighted by molar-refractivity contribution is 14.1. The minimum absolute atomic E-state index is 0.284. The molecule has 1 heterocycles. The van der Waals surface area contributed by atoms with Gasteiger partial charge in [-0.15, -0.1) is 4.36 Å². The third kappa shape index (κ3) is 2.60. The van der Waals surface area contributed by atoms with E-state index >= 15 is 0 Å². The molecule has 82 valence electrons. The van der Waals surface area contributed by atoms with Crippen LogP contribution in [0.4, 0.5) is 0 Å². The minimum atomic E-state index is -2.11. The molecule has 0 saturated heterocycles. The summed E-state index contributed by atoms with van der Waals surface area (Å²) in [5.41, 5.74) is 0. The summed E-state index contributed by atoms with van der Waals surface area (Å²) in [7, 11) is -2.11. The summed E-state index contributed by atoms with van der Waals surface area (Å²) in [6, 6.07) is 9.97. The first-order valence-corrected chi connectivity index (χ1v) is 8.30. The smallest absolute Gasteiger partial charge is 0.136 e. The maximum absolute atomic E-state index is 12.6. The fourth-order valence-electron chi connectivity index (χ4n) is 1.78. The predicted molar refractivity (Wildman–Crippen MR) is 72.1 cm³/mol. The van der Waals surface area contributed by atoms with Crippen LogP contribution < -0.4 is 0 Å². The standard InChI is InChI=1S/C11H14INOS/c12-9-10-5-4-8-15(14,13-10)11-6-2-1-3-7-11/h1-3,6-7,10H,4-5,8-9H2. The zero-order chi connectivity index (χ0) is 10.7. The lowest BCUT2D eigenvalue weighted by Crippen LogP contribution is -2.26. The summed E-state index contributed by atoms with van der Waals surface area (Å²) < 4.78 is 18.1. The zero-order valence-electron chi connectivity index (χ0n) is 8.43. The molecule has 0 spiro atoms. The van der Waals surface area contributed by atoms with E-state index in [0.717, 1.165) is 27.9 Å². The summed E-state index contributed by atoms with van der Waals surface area (Å²) in [4.78, 5) is 0.902.